The summed E-state index contributed by atoms with van der Waals surface area (Å²) in [6, 6.07) is 33.0. The van der Waals surface area contributed by atoms with Crippen molar-refractivity contribution >= 4 is 25.5 Å². The van der Waals surface area contributed by atoms with Gasteiger partial charge in [0.2, 0.25) is 37.3 Å². The van der Waals surface area contributed by atoms with Gasteiger partial charge in [-0.25, -0.2) is 16.8 Å². The molecule has 0 aromatic heterocycles. The quantitative estimate of drug-likeness (QED) is 0.134. The van der Waals surface area contributed by atoms with Crippen molar-refractivity contribution in [1.29, 1.82) is 0 Å². The Labute approximate surface area is 320 Å². The zero-order chi connectivity index (χ0) is 39.8. The van der Waals surface area contributed by atoms with Crippen LogP contribution in [0.2, 0.25) is 0 Å². The summed E-state index contributed by atoms with van der Waals surface area (Å²) in [5, 5.41) is 50.3. The van der Waals surface area contributed by atoms with E-state index >= 15 is 16.8 Å². The molecule has 0 radical (unpaired) electrons. The van der Waals surface area contributed by atoms with Gasteiger partial charge in [0.25, 0.3) is 9.87 Å². The van der Waals surface area contributed by atoms with E-state index in [-0.39, 0.29) is 40.7 Å². The fourth-order valence-corrected chi connectivity index (χ4v) is 12.9. The van der Waals surface area contributed by atoms with Crippen LogP contribution in [-0.4, -0.2) is 84.6 Å². The molecule has 0 amide bonds. The molecule has 11 nitrogen and oxygen atoms in total. The lowest BCUT2D eigenvalue weighted by Gasteiger charge is -2.57. The molecule has 5 atom stereocenters. The second kappa shape index (κ2) is 15.2. The van der Waals surface area contributed by atoms with Crippen molar-refractivity contribution in [2.24, 2.45) is 0 Å². The third-order valence-electron chi connectivity index (χ3n) is 10.2. The molecule has 5 aromatic rings. The van der Waals surface area contributed by atoms with Crippen molar-refractivity contribution < 1.29 is 51.5 Å². The number of rotatable bonds is 12. The number of aliphatic hydroxyl groups excluding tert-OH is 1. The molecule has 1 fully saturated rings. The molecule has 0 unspecified atom stereocenters. The van der Waals surface area contributed by atoms with Crippen molar-refractivity contribution in [3.63, 3.8) is 0 Å². The Kier molecular flexibility index (Phi) is 11.1. The lowest BCUT2D eigenvalue weighted by Crippen LogP contribution is -2.86. The van der Waals surface area contributed by atoms with Gasteiger partial charge >= 0.3 is 0 Å². The zero-order valence-electron chi connectivity index (χ0n) is 30.4. The number of ether oxygens (including phenoxy) is 2. The Morgan fingerprint density at radius 1 is 0.655 bits per heavy atom. The van der Waals surface area contributed by atoms with E-state index in [1.165, 1.54) is 68.4 Å². The number of hydrogen-bond acceptors (Lipinski definition) is 11. The summed E-state index contributed by atoms with van der Waals surface area (Å²) < 4.78 is 73.9. The first-order valence-electron chi connectivity index (χ1n) is 17.4. The van der Waals surface area contributed by atoms with Crippen LogP contribution in [0, 0.1) is 13.8 Å². The topological polar surface area (TPSA) is 185 Å². The van der Waals surface area contributed by atoms with Crippen molar-refractivity contribution in [2.75, 3.05) is 13.7 Å². The predicted octanol–water partition coefficient (Wildman–Crippen LogP) is 4.09. The van der Waals surface area contributed by atoms with Gasteiger partial charge in [0.05, 0.1) is 16.4 Å². The number of sulfone groups is 2. The summed E-state index contributed by atoms with van der Waals surface area (Å²) in [7, 11) is -10.7. The van der Waals surface area contributed by atoms with Crippen LogP contribution in [0.1, 0.15) is 43.7 Å². The Balaban J connectivity index is 1.74. The minimum Gasteiger partial charge on any atom is -0.394 e. The first kappa shape index (κ1) is 40.1. The smallest absolute Gasteiger partial charge is 0.269 e. The van der Waals surface area contributed by atoms with Crippen molar-refractivity contribution in [3.8, 4) is 0 Å². The minimum atomic E-state index is -5.89. The Bertz CT molecular complexity index is 2410. The molecule has 13 heteroatoms. The molecule has 0 saturated carbocycles. The van der Waals surface area contributed by atoms with Gasteiger partial charge in [-0.2, -0.15) is 0 Å². The zero-order valence-corrected chi connectivity index (χ0v) is 32.0. The van der Waals surface area contributed by atoms with E-state index in [4.69, 9.17) is 9.47 Å². The highest BCUT2D eigenvalue weighted by molar-refractivity contribution is 7.97. The molecule has 1 saturated heterocycles. The maximum Gasteiger partial charge on any atom is 0.269 e. The third-order valence-corrected chi connectivity index (χ3v) is 15.3. The van der Waals surface area contributed by atoms with E-state index in [0.717, 1.165) is 7.11 Å². The second-order valence-corrected chi connectivity index (χ2v) is 17.7. The summed E-state index contributed by atoms with van der Waals surface area (Å²) >= 11 is 0. The summed E-state index contributed by atoms with van der Waals surface area (Å²) in [5.41, 5.74) is -2.82. The number of carbonyl (C=O) groups is 1. The molecule has 1 heterocycles. The number of aryl methyl sites for hydroxylation is 2. The van der Waals surface area contributed by atoms with E-state index in [2.05, 4.69) is 0 Å². The highest BCUT2D eigenvalue weighted by Gasteiger charge is 2.85. The van der Waals surface area contributed by atoms with E-state index in [9.17, 15) is 25.2 Å². The molecular weight excluding hydrogens is 745 g/mol. The van der Waals surface area contributed by atoms with E-state index in [0.29, 0.717) is 11.1 Å². The van der Waals surface area contributed by atoms with Gasteiger partial charge in [-0.1, -0.05) is 127 Å². The van der Waals surface area contributed by atoms with E-state index in [1.54, 1.807) is 72.8 Å². The van der Waals surface area contributed by atoms with Crippen molar-refractivity contribution in [2.45, 2.75) is 64.3 Å². The molecule has 0 bridgehead atoms. The van der Waals surface area contributed by atoms with Crippen LogP contribution in [-0.2, 0) is 42.0 Å². The third kappa shape index (κ3) is 6.25. The van der Waals surface area contributed by atoms with Gasteiger partial charge < -0.3 is 29.9 Å². The standard InChI is InChI=1S/C42H42O11S2/c1-28-15-13-23-33(25-30-17-7-4-8-18-30)36(28)54(48,49)41(46)39(52-3)53-35(27-43)40(45,38(44)32-21-11-6-12-22-32)42(41,47)55(50,51)37-29(2)16-14-24-34(37)26-31-19-9-5-10-20-31/h4-24,35,39,43,45-47H,25-27H2,1-3H3/t35-,39+,40+,41-,42-/m1/s1. The van der Waals surface area contributed by atoms with Gasteiger partial charge in [-0.05, 0) is 60.1 Å². The van der Waals surface area contributed by atoms with Gasteiger partial charge in [0, 0.05) is 12.7 Å². The number of benzene rings is 5. The van der Waals surface area contributed by atoms with Crippen LogP contribution in [0.4, 0.5) is 0 Å². The van der Waals surface area contributed by atoms with Crippen LogP contribution < -0.4 is 0 Å². The van der Waals surface area contributed by atoms with Crippen molar-refractivity contribution in [3.05, 3.63) is 166 Å². The summed E-state index contributed by atoms with van der Waals surface area (Å²) in [4.78, 5) is 4.85. The Morgan fingerprint density at radius 3 is 1.53 bits per heavy atom. The second-order valence-electron chi connectivity index (χ2n) is 13.6. The SMILES string of the molecule is CO[C@H]1O[C@H](CO)[C@](O)(C(=O)c2ccccc2)[C@@](O)(S(=O)(=O)c2c(C)cccc2Cc2ccccc2)[C@]1(O)S(=O)(=O)c1c(C)cccc1Cc1ccccc1. The lowest BCUT2D eigenvalue weighted by atomic mass is 9.77. The van der Waals surface area contributed by atoms with Gasteiger partial charge in [0.15, 0.2) is 0 Å². The molecule has 5 aromatic carbocycles. The van der Waals surface area contributed by atoms with Crippen LogP contribution in [0.5, 0.6) is 0 Å². The highest BCUT2D eigenvalue weighted by Crippen LogP contribution is 2.56. The molecule has 4 N–H and O–H groups in total. The van der Waals surface area contributed by atoms with Crippen LogP contribution >= 0.6 is 0 Å². The van der Waals surface area contributed by atoms with Crippen LogP contribution in [0.25, 0.3) is 0 Å². The fraction of sp³-hybridized carbons (Fsp3) is 0.262. The average molecular weight is 787 g/mol. The molecule has 1 aliphatic rings. The predicted molar refractivity (Wildman–Crippen MR) is 204 cm³/mol. The molecular formula is C42H42O11S2. The van der Waals surface area contributed by atoms with Gasteiger partial charge in [-0.15, -0.1) is 0 Å². The number of aliphatic hydroxyl groups is 4. The number of hydrogen-bond donors (Lipinski definition) is 4. The number of Topliss-reactive ketones (excluding diaryl/α,β-unsaturated/α-hetero) is 1. The molecule has 1 aliphatic heterocycles. The molecule has 55 heavy (non-hydrogen) atoms. The molecule has 0 aliphatic carbocycles. The monoisotopic (exact) mass is 786 g/mol. The molecule has 6 rings (SSSR count). The molecule has 0 spiro atoms. The fourth-order valence-electron chi connectivity index (χ4n) is 7.61. The minimum absolute atomic E-state index is 0.00206. The summed E-state index contributed by atoms with van der Waals surface area (Å²) in [5.74, 6) is -1.55. The summed E-state index contributed by atoms with van der Waals surface area (Å²) in [6.45, 7) is 1.49. The van der Waals surface area contributed by atoms with Crippen LogP contribution in [0.15, 0.2) is 137 Å². The average Bonchev–Trinajstić information content (AvgIpc) is 3.17. The van der Waals surface area contributed by atoms with E-state index < -0.39 is 69.7 Å². The first-order valence-corrected chi connectivity index (χ1v) is 20.4. The maximum atomic E-state index is 15.8. The lowest BCUT2D eigenvalue weighted by molar-refractivity contribution is -0.338. The number of ketones is 1. The normalized spacial score (nSPS) is 24.3. The van der Waals surface area contributed by atoms with E-state index in [1.807, 2.05) is 0 Å². The molecule has 288 valence electrons. The summed E-state index contributed by atoms with van der Waals surface area (Å²) in [6.07, 6.45) is -5.05. The van der Waals surface area contributed by atoms with Gasteiger partial charge in [0.1, 0.15) is 6.10 Å². The first-order chi connectivity index (χ1) is 26.1. The Morgan fingerprint density at radius 2 is 1.09 bits per heavy atom. The van der Waals surface area contributed by atoms with Crippen LogP contribution in [0.3, 0.4) is 0 Å². The van der Waals surface area contributed by atoms with Crippen molar-refractivity contribution in [1.82, 2.24) is 0 Å². The van der Waals surface area contributed by atoms with Gasteiger partial charge in [-0.3, -0.25) is 4.79 Å². The largest absolute Gasteiger partial charge is 0.394 e. The number of carbonyl (C=O) groups excluding carboxylic acids is 1. The highest BCUT2D eigenvalue weighted by atomic mass is 32.2. The Hall–Kier alpha value is -4.57. The maximum absolute atomic E-state index is 15.8. The number of methoxy groups -OCH3 is 1.